The second-order valence-electron chi connectivity index (χ2n) is 5.74. The summed E-state index contributed by atoms with van der Waals surface area (Å²) in [6.07, 6.45) is 0. The molecule has 0 atom stereocenters. The lowest BCUT2D eigenvalue weighted by molar-refractivity contribution is 1.46. The van der Waals surface area contributed by atoms with Crippen LogP contribution < -0.4 is 0 Å². The fraction of sp³-hybridized carbons (Fsp3) is 0.100. The van der Waals surface area contributed by atoms with Gasteiger partial charge in [0.25, 0.3) is 0 Å². The Balaban J connectivity index is 2.07. The minimum atomic E-state index is 0.883. The van der Waals surface area contributed by atoms with E-state index < -0.39 is 0 Å². The van der Waals surface area contributed by atoms with Crippen LogP contribution in [0.3, 0.4) is 0 Å². The summed E-state index contributed by atoms with van der Waals surface area (Å²) in [5.74, 6) is 0. The smallest absolute Gasteiger partial charge is 0.0360 e. The van der Waals surface area contributed by atoms with Crippen molar-refractivity contribution in [3.05, 3.63) is 59.7 Å². The number of hydrogen-bond donors (Lipinski definition) is 2. The molecule has 0 saturated heterocycles. The van der Waals surface area contributed by atoms with E-state index in [2.05, 4.69) is 49.5 Å². The van der Waals surface area contributed by atoms with Gasteiger partial charge in [-0.1, -0.05) is 36.6 Å². The van der Waals surface area contributed by atoms with Crippen molar-refractivity contribution >= 4 is 70.8 Å². The largest absolute Gasteiger partial charge is 0.143 e. The predicted octanol–water partition coefficient (Wildman–Crippen LogP) is 7.14. The molecule has 2 aromatic carbocycles. The van der Waals surface area contributed by atoms with Crippen LogP contribution in [-0.2, 0) is 0 Å². The molecule has 126 valence electrons. The van der Waals surface area contributed by atoms with Crippen molar-refractivity contribution in [3.8, 4) is 20.9 Å². The van der Waals surface area contributed by atoms with Gasteiger partial charge in [-0.15, -0.1) is 36.6 Å². The molecule has 25 heavy (non-hydrogen) atoms. The van der Waals surface area contributed by atoms with Crippen molar-refractivity contribution in [2.45, 2.75) is 23.6 Å². The highest BCUT2D eigenvalue weighted by Crippen LogP contribution is 2.39. The quantitative estimate of drug-likeness (QED) is 0.264. The Morgan fingerprint density at radius 2 is 1.12 bits per heavy atom. The Labute approximate surface area is 174 Å². The maximum Gasteiger partial charge on any atom is 0.0360 e. The topological polar surface area (TPSA) is 0 Å². The van der Waals surface area contributed by atoms with Crippen molar-refractivity contribution in [1.29, 1.82) is 0 Å². The summed E-state index contributed by atoms with van der Waals surface area (Å²) in [6, 6.07) is 16.5. The molecule has 0 unspecified atom stereocenters. The lowest BCUT2D eigenvalue weighted by Gasteiger charge is -2.07. The van der Waals surface area contributed by atoms with E-state index in [0.717, 1.165) is 51.5 Å². The minimum absolute atomic E-state index is 0.883. The Hall–Kier alpha value is -0.980. The average molecular weight is 417 g/mol. The molecule has 0 aliphatic heterocycles. The molecule has 3 rings (SSSR count). The van der Waals surface area contributed by atoms with Gasteiger partial charge < -0.3 is 0 Å². The SMILES string of the molecule is CC(=S)c1ccc(S)c(-c2ccc(-c3cc(C(C)=S)ccc3S)s2)c1. The van der Waals surface area contributed by atoms with Crippen LogP contribution in [0.25, 0.3) is 20.9 Å². The van der Waals surface area contributed by atoms with E-state index >= 15 is 0 Å². The molecule has 0 bridgehead atoms. The summed E-state index contributed by atoms with van der Waals surface area (Å²) in [5, 5.41) is 0. The minimum Gasteiger partial charge on any atom is -0.143 e. The lowest BCUT2D eigenvalue weighted by Crippen LogP contribution is -1.91. The molecule has 0 saturated carbocycles. The molecule has 3 aromatic rings. The molecule has 5 heteroatoms. The van der Waals surface area contributed by atoms with E-state index in [0.29, 0.717) is 0 Å². The number of benzene rings is 2. The van der Waals surface area contributed by atoms with E-state index in [1.165, 1.54) is 0 Å². The third-order valence-electron chi connectivity index (χ3n) is 3.94. The highest BCUT2D eigenvalue weighted by atomic mass is 32.1. The zero-order chi connectivity index (χ0) is 18.1. The molecular formula is C20H16S5. The van der Waals surface area contributed by atoms with E-state index in [1.807, 2.05) is 38.1 Å². The van der Waals surface area contributed by atoms with Crippen molar-refractivity contribution in [1.82, 2.24) is 0 Å². The first kappa shape index (κ1) is 18.8. The molecule has 0 spiro atoms. The maximum absolute atomic E-state index is 5.31. The van der Waals surface area contributed by atoms with Crippen molar-refractivity contribution in [2.75, 3.05) is 0 Å². The summed E-state index contributed by atoms with van der Waals surface area (Å²) in [4.78, 5) is 5.98. The molecule has 0 aliphatic carbocycles. The van der Waals surface area contributed by atoms with Gasteiger partial charge in [0.1, 0.15) is 0 Å². The van der Waals surface area contributed by atoms with Crippen molar-refractivity contribution in [2.24, 2.45) is 0 Å². The molecule has 0 N–H and O–H groups in total. The fourth-order valence-electron chi connectivity index (χ4n) is 2.53. The third-order valence-corrected chi connectivity index (χ3v) is 6.35. The van der Waals surface area contributed by atoms with E-state index in [1.54, 1.807) is 11.3 Å². The summed E-state index contributed by atoms with van der Waals surface area (Å²) in [5.41, 5.74) is 4.32. The second kappa shape index (κ2) is 7.72. The first-order valence-electron chi connectivity index (χ1n) is 7.65. The molecule has 0 aliphatic rings. The Kier molecular flexibility index (Phi) is 5.81. The first-order chi connectivity index (χ1) is 11.9. The molecular weight excluding hydrogens is 401 g/mol. The summed E-state index contributed by atoms with van der Waals surface area (Å²) in [6.45, 7) is 3.89. The first-order valence-corrected chi connectivity index (χ1v) is 10.2. The Morgan fingerprint density at radius 1 is 0.720 bits per heavy atom. The molecule has 1 heterocycles. The van der Waals surface area contributed by atoms with Gasteiger partial charge in [0, 0.05) is 40.4 Å². The zero-order valence-corrected chi connectivity index (χ0v) is 18.0. The van der Waals surface area contributed by atoms with Crippen LogP contribution in [0.5, 0.6) is 0 Å². The van der Waals surface area contributed by atoms with E-state index in [9.17, 15) is 0 Å². The van der Waals surface area contributed by atoms with Gasteiger partial charge in [-0.3, -0.25) is 0 Å². The number of hydrogen-bond acceptors (Lipinski definition) is 5. The number of rotatable bonds is 4. The molecule has 0 nitrogen and oxygen atoms in total. The van der Waals surface area contributed by atoms with E-state index in [-0.39, 0.29) is 0 Å². The van der Waals surface area contributed by atoms with Gasteiger partial charge in [-0.05, 0) is 61.4 Å². The highest BCUT2D eigenvalue weighted by Gasteiger charge is 2.12. The zero-order valence-electron chi connectivity index (χ0n) is 13.7. The molecule has 0 amide bonds. The van der Waals surface area contributed by atoms with Gasteiger partial charge in [0.2, 0.25) is 0 Å². The van der Waals surface area contributed by atoms with Crippen LogP contribution in [0, 0.1) is 0 Å². The highest BCUT2D eigenvalue weighted by molar-refractivity contribution is 7.81. The number of thiol groups is 2. The Morgan fingerprint density at radius 3 is 1.48 bits per heavy atom. The van der Waals surface area contributed by atoms with Gasteiger partial charge >= 0.3 is 0 Å². The molecule has 0 radical (unpaired) electrons. The van der Waals surface area contributed by atoms with Gasteiger partial charge in [0.05, 0.1) is 0 Å². The van der Waals surface area contributed by atoms with Crippen LogP contribution in [-0.4, -0.2) is 9.73 Å². The second-order valence-corrected chi connectivity index (χ2v) is 9.01. The third kappa shape index (κ3) is 4.07. The van der Waals surface area contributed by atoms with Crippen LogP contribution in [0.1, 0.15) is 25.0 Å². The average Bonchev–Trinajstić information content (AvgIpc) is 3.04. The summed E-state index contributed by atoms with van der Waals surface area (Å²) < 4.78 is 0. The number of thiocarbonyl (C=S) groups is 2. The van der Waals surface area contributed by atoms with Gasteiger partial charge in [0.15, 0.2) is 0 Å². The molecule has 0 fully saturated rings. The Bertz CT molecular complexity index is 904. The van der Waals surface area contributed by atoms with Gasteiger partial charge in [-0.2, -0.15) is 0 Å². The maximum atomic E-state index is 5.31. The van der Waals surface area contributed by atoms with Crippen LogP contribution in [0.4, 0.5) is 0 Å². The van der Waals surface area contributed by atoms with Crippen LogP contribution >= 0.6 is 61.0 Å². The van der Waals surface area contributed by atoms with Crippen molar-refractivity contribution in [3.63, 3.8) is 0 Å². The standard InChI is InChI=1S/C20H16S5/c1-11(21)13-3-5-17(23)15(9-13)19-7-8-20(25-19)16-10-14(12(2)22)4-6-18(16)24/h3-10,23-24H,1-2H3. The van der Waals surface area contributed by atoms with Crippen LogP contribution in [0.15, 0.2) is 58.3 Å². The van der Waals surface area contributed by atoms with Crippen molar-refractivity contribution < 1.29 is 0 Å². The normalized spacial score (nSPS) is 10.7. The lowest BCUT2D eigenvalue weighted by atomic mass is 10.1. The molecule has 1 aromatic heterocycles. The fourth-order valence-corrected chi connectivity index (χ4v) is 4.52. The monoisotopic (exact) mass is 416 g/mol. The summed E-state index contributed by atoms with van der Waals surface area (Å²) in [7, 11) is 0. The van der Waals surface area contributed by atoms with Crippen LogP contribution in [0.2, 0.25) is 0 Å². The predicted molar refractivity (Wildman–Crippen MR) is 124 cm³/mol. The number of thiophene rings is 1. The van der Waals surface area contributed by atoms with Gasteiger partial charge in [-0.25, -0.2) is 0 Å². The summed E-state index contributed by atoms with van der Waals surface area (Å²) >= 11 is 21.6. The van der Waals surface area contributed by atoms with E-state index in [4.69, 9.17) is 24.4 Å².